The summed E-state index contributed by atoms with van der Waals surface area (Å²) in [5, 5.41) is 2.86. The molecule has 20 heavy (non-hydrogen) atoms. The van der Waals surface area contributed by atoms with E-state index in [9.17, 15) is 4.79 Å². The molecule has 1 aromatic heterocycles. The van der Waals surface area contributed by atoms with Crippen LogP contribution in [0.1, 0.15) is 40.3 Å². The van der Waals surface area contributed by atoms with Gasteiger partial charge in [0.25, 0.3) is 5.91 Å². The molecule has 1 heterocycles. The van der Waals surface area contributed by atoms with E-state index in [4.69, 9.17) is 5.73 Å². The molecule has 1 unspecified atom stereocenters. The summed E-state index contributed by atoms with van der Waals surface area (Å²) in [5.74, 6) is -0.149. The second kappa shape index (κ2) is 5.84. The lowest BCUT2D eigenvalue weighted by Gasteiger charge is -2.10. The van der Waals surface area contributed by atoms with Crippen molar-refractivity contribution in [2.75, 3.05) is 5.32 Å². The number of nitrogens with zero attached hydrogens (tertiary/aromatic N) is 1. The van der Waals surface area contributed by atoms with Crippen molar-refractivity contribution in [3.05, 3.63) is 58.9 Å². The van der Waals surface area contributed by atoms with E-state index in [1.807, 2.05) is 51.1 Å². The first kappa shape index (κ1) is 14.2. The molecule has 4 nitrogen and oxygen atoms in total. The van der Waals surface area contributed by atoms with Crippen LogP contribution in [0.25, 0.3) is 0 Å². The molecule has 1 atom stereocenters. The van der Waals surface area contributed by atoms with E-state index in [1.165, 1.54) is 0 Å². The van der Waals surface area contributed by atoms with Crippen LogP contribution in [0.15, 0.2) is 36.4 Å². The quantitative estimate of drug-likeness (QED) is 0.900. The number of hydrogen-bond acceptors (Lipinski definition) is 3. The maximum absolute atomic E-state index is 12.2. The van der Waals surface area contributed by atoms with Crippen LogP contribution in [0.2, 0.25) is 0 Å². The fraction of sp³-hybridized carbons (Fsp3) is 0.250. The van der Waals surface area contributed by atoms with Crippen molar-refractivity contribution in [1.29, 1.82) is 0 Å². The SMILES string of the molecule is Cc1ccc(C(=O)Nc2ccc(C(C)N)cc2)c(C)n1. The minimum atomic E-state index is -0.149. The third-order valence-electron chi connectivity index (χ3n) is 3.16. The Labute approximate surface area is 119 Å². The second-order valence-electron chi connectivity index (χ2n) is 4.95. The molecule has 4 heteroatoms. The van der Waals surface area contributed by atoms with Crippen LogP contribution in [0.3, 0.4) is 0 Å². The predicted octanol–water partition coefficient (Wildman–Crippen LogP) is 2.97. The summed E-state index contributed by atoms with van der Waals surface area (Å²) in [6, 6.07) is 11.2. The van der Waals surface area contributed by atoms with Crippen LogP contribution in [0, 0.1) is 13.8 Å². The number of carbonyl (C=O) groups is 1. The van der Waals surface area contributed by atoms with Gasteiger partial charge in [-0.1, -0.05) is 12.1 Å². The summed E-state index contributed by atoms with van der Waals surface area (Å²) < 4.78 is 0. The maximum Gasteiger partial charge on any atom is 0.257 e. The zero-order valence-corrected chi connectivity index (χ0v) is 12.0. The van der Waals surface area contributed by atoms with Crippen LogP contribution in [0.4, 0.5) is 5.69 Å². The molecule has 0 fully saturated rings. The Bertz CT molecular complexity index is 618. The molecule has 0 aliphatic rings. The van der Waals surface area contributed by atoms with Crippen molar-refractivity contribution in [2.45, 2.75) is 26.8 Å². The standard InChI is InChI=1S/C16H19N3O/c1-10-4-9-15(12(3)18-10)16(20)19-14-7-5-13(6-8-14)11(2)17/h4-9,11H,17H2,1-3H3,(H,19,20). The Morgan fingerprint density at radius 3 is 2.35 bits per heavy atom. The van der Waals surface area contributed by atoms with Gasteiger partial charge >= 0.3 is 0 Å². The minimum absolute atomic E-state index is 0.0108. The van der Waals surface area contributed by atoms with Crippen molar-refractivity contribution >= 4 is 11.6 Å². The van der Waals surface area contributed by atoms with E-state index in [0.717, 1.165) is 22.6 Å². The fourth-order valence-electron chi connectivity index (χ4n) is 1.99. The zero-order valence-electron chi connectivity index (χ0n) is 12.0. The van der Waals surface area contributed by atoms with Gasteiger partial charge in [0.1, 0.15) is 0 Å². The molecule has 0 saturated heterocycles. The summed E-state index contributed by atoms with van der Waals surface area (Å²) >= 11 is 0. The number of benzene rings is 1. The summed E-state index contributed by atoms with van der Waals surface area (Å²) in [4.78, 5) is 16.5. The number of aromatic nitrogens is 1. The predicted molar refractivity (Wildman–Crippen MR) is 80.7 cm³/mol. The van der Waals surface area contributed by atoms with Gasteiger partial charge in [-0.15, -0.1) is 0 Å². The first-order chi connectivity index (χ1) is 9.47. The number of aryl methyl sites for hydroxylation is 2. The normalized spacial score (nSPS) is 12.0. The van der Waals surface area contributed by atoms with E-state index in [2.05, 4.69) is 10.3 Å². The molecule has 0 saturated carbocycles. The van der Waals surface area contributed by atoms with Crippen molar-refractivity contribution in [3.8, 4) is 0 Å². The van der Waals surface area contributed by atoms with Crippen molar-refractivity contribution in [2.24, 2.45) is 5.73 Å². The lowest BCUT2D eigenvalue weighted by atomic mass is 10.1. The molecule has 0 spiro atoms. The third kappa shape index (κ3) is 3.22. The average Bonchev–Trinajstić information content (AvgIpc) is 2.39. The Hall–Kier alpha value is -2.20. The largest absolute Gasteiger partial charge is 0.324 e. The number of pyridine rings is 1. The van der Waals surface area contributed by atoms with Crippen LogP contribution in [-0.4, -0.2) is 10.9 Å². The number of nitrogens with one attached hydrogen (secondary N) is 1. The van der Waals surface area contributed by atoms with Crippen molar-refractivity contribution < 1.29 is 4.79 Å². The summed E-state index contributed by atoms with van der Waals surface area (Å²) in [6.07, 6.45) is 0. The Balaban J connectivity index is 2.15. The lowest BCUT2D eigenvalue weighted by Crippen LogP contribution is -2.14. The Morgan fingerprint density at radius 1 is 1.15 bits per heavy atom. The molecule has 0 radical (unpaired) electrons. The summed E-state index contributed by atoms with van der Waals surface area (Å²) in [7, 11) is 0. The number of amides is 1. The van der Waals surface area contributed by atoms with E-state index in [1.54, 1.807) is 6.07 Å². The van der Waals surface area contributed by atoms with Gasteiger partial charge in [-0.25, -0.2) is 0 Å². The number of rotatable bonds is 3. The number of carbonyl (C=O) groups excluding carboxylic acids is 1. The molecule has 2 rings (SSSR count). The summed E-state index contributed by atoms with van der Waals surface area (Å²) in [5.41, 5.74) is 9.81. The highest BCUT2D eigenvalue weighted by atomic mass is 16.1. The number of hydrogen-bond donors (Lipinski definition) is 2. The van der Waals surface area contributed by atoms with Gasteiger partial charge in [-0.2, -0.15) is 0 Å². The first-order valence-corrected chi connectivity index (χ1v) is 6.58. The van der Waals surface area contributed by atoms with Crippen LogP contribution < -0.4 is 11.1 Å². The molecule has 2 aromatic rings. The highest BCUT2D eigenvalue weighted by Crippen LogP contribution is 2.16. The lowest BCUT2D eigenvalue weighted by molar-refractivity contribution is 0.102. The molecular weight excluding hydrogens is 250 g/mol. The molecule has 3 N–H and O–H groups in total. The van der Waals surface area contributed by atoms with Crippen LogP contribution in [0.5, 0.6) is 0 Å². The van der Waals surface area contributed by atoms with Gasteiger partial charge in [-0.3, -0.25) is 9.78 Å². The molecule has 1 amide bonds. The molecule has 0 bridgehead atoms. The Morgan fingerprint density at radius 2 is 1.80 bits per heavy atom. The zero-order chi connectivity index (χ0) is 14.7. The van der Waals surface area contributed by atoms with E-state index < -0.39 is 0 Å². The van der Waals surface area contributed by atoms with E-state index >= 15 is 0 Å². The molecular formula is C16H19N3O. The third-order valence-corrected chi connectivity index (χ3v) is 3.16. The van der Waals surface area contributed by atoms with Crippen LogP contribution in [-0.2, 0) is 0 Å². The molecule has 104 valence electrons. The number of anilines is 1. The highest BCUT2D eigenvalue weighted by molar-refractivity contribution is 6.04. The first-order valence-electron chi connectivity index (χ1n) is 6.58. The Kier molecular flexibility index (Phi) is 4.15. The maximum atomic E-state index is 12.2. The van der Waals surface area contributed by atoms with Crippen molar-refractivity contribution in [1.82, 2.24) is 4.98 Å². The molecule has 1 aromatic carbocycles. The molecule has 0 aliphatic carbocycles. The van der Waals surface area contributed by atoms with Gasteiger partial charge in [0.05, 0.1) is 11.3 Å². The second-order valence-corrected chi connectivity index (χ2v) is 4.95. The summed E-state index contributed by atoms with van der Waals surface area (Å²) in [6.45, 7) is 5.66. The van der Waals surface area contributed by atoms with Gasteiger partial charge in [0.2, 0.25) is 0 Å². The van der Waals surface area contributed by atoms with E-state index in [0.29, 0.717) is 5.56 Å². The van der Waals surface area contributed by atoms with Crippen LogP contribution >= 0.6 is 0 Å². The van der Waals surface area contributed by atoms with Gasteiger partial charge < -0.3 is 11.1 Å². The van der Waals surface area contributed by atoms with Gasteiger partial charge in [0, 0.05) is 17.4 Å². The topological polar surface area (TPSA) is 68.0 Å². The fourth-order valence-corrected chi connectivity index (χ4v) is 1.99. The average molecular weight is 269 g/mol. The smallest absolute Gasteiger partial charge is 0.257 e. The minimum Gasteiger partial charge on any atom is -0.324 e. The van der Waals surface area contributed by atoms with Gasteiger partial charge in [-0.05, 0) is 50.6 Å². The van der Waals surface area contributed by atoms with E-state index in [-0.39, 0.29) is 11.9 Å². The van der Waals surface area contributed by atoms with Gasteiger partial charge in [0.15, 0.2) is 0 Å². The monoisotopic (exact) mass is 269 g/mol. The number of nitrogens with two attached hydrogens (primary N) is 1. The highest BCUT2D eigenvalue weighted by Gasteiger charge is 2.10. The molecule has 0 aliphatic heterocycles. The van der Waals surface area contributed by atoms with Crippen molar-refractivity contribution in [3.63, 3.8) is 0 Å².